The van der Waals surface area contributed by atoms with Crippen LogP contribution in [-0.2, 0) is 22.6 Å². The molecule has 0 unspecified atom stereocenters. The molecule has 0 radical (unpaired) electrons. The second kappa shape index (κ2) is 11.5. The van der Waals surface area contributed by atoms with Crippen molar-refractivity contribution >= 4 is 17.4 Å². The van der Waals surface area contributed by atoms with Crippen LogP contribution in [0.5, 0.6) is 17.2 Å². The summed E-state index contributed by atoms with van der Waals surface area (Å²) in [6, 6.07) is 19.4. The highest BCUT2D eigenvalue weighted by Crippen LogP contribution is 2.43. The predicted octanol–water partition coefficient (Wildman–Crippen LogP) is 6.07. The summed E-state index contributed by atoms with van der Waals surface area (Å²) in [5.74, 6) is 0.747. The first-order valence-corrected chi connectivity index (χ1v) is 13.7. The predicted molar refractivity (Wildman–Crippen MR) is 152 cm³/mol. The number of amides is 1. The quantitative estimate of drug-likeness (QED) is 0.201. The largest absolute Gasteiger partial charge is 0.507 e. The molecule has 1 saturated heterocycles. The minimum absolute atomic E-state index is 0.0394. The summed E-state index contributed by atoms with van der Waals surface area (Å²) in [6.45, 7) is 7.00. The lowest BCUT2D eigenvalue weighted by atomic mass is 9.94. The average Bonchev–Trinajstić information content (AvgIpc) is 3.44. The maximum absolute atomic E-state index is 13.5. The van der Waals surface area contributed by atoms with Crippen molar-refractivity contribution in [1.82, 2.24) is 4.90 Å². The van der Waals surface area contributed by atoms with E-state index in [0.717, 1.165) is 23.3 Å². The normalized spacial score (nSPS) is 19.6. The van der Waals surface area contributed by atoms with Gasteiger partial charge in [-0.1, -0.05) is 50.2 Å². The number of fused-ring (bicyclic) bond motifs is 1. The van der Waals surface area contributed by atoms with Crippen molar-refractivity contribution in [2.45, 2.75) is 52.3 Å². The molecule has 1 N–H and O–H groups in total. The summed E-state index contributed by atoms with van der Waals surface area (Å²) in [6.07, 6.45) is 1.64. The van der Waals surface area contributed by atoms with E-state index in [1.165, 1.54) is 4.90 Å². The number of hydrogen-bond acceptors (Lipinski definition) is 6. The molecule has 0 saturated carbocycles. The second-order valence-electron chi connectivity index (χ2n) is 10.8. The third-order valence-electron chi connectivity index (χ3n) is 7.36. The lowest BCUT2D eigenvalue weighted by Gasteiger charge is -2.26. The summed E-state index contributed by atoms with van der Waals surface area (Å²) in [4.78, 5) is 28.5. The number of carbonyl (C=O) groups excluding carboxylic acids is 2. The van der Waals surface area contributed by atoms with Crippen molar-refractivity contribution in [3.63, 3.8) is 0 Å². The van der Waals surface area contributed by atoms with Gasteiger partial charge in [0.25, 0.3) is 11.7 Å². The molecule has 3 aromatic carbocycles. The van der Waals surface area contributed by atoms with Crippen LogP contribution in [0.3, 0.4) is 0 Å². The van der Waals surface area contributed by atoms with Crippen LogP contribution in [0, 0.1) is 5.92 Å². The van der Waals surface area contributed by atoms with E-state index < -0.39 is 17.7 Å². The van der Waals surface area contributed by atoms with E-state index in [1.54, 1.807) is 31.4 Å². The summed E-state index contributed by atoms with van der Waals surface area (Å²) in [5, 5.41) is 11.6. The molecule has 3 aromatic rings. The maximum Gasteiger partial charge on any atom is 0.295 e. The van der Waals surface area contributed by atoms with E-state index in [9.17, 15) is 14.7 Å². The Morgan fingerprint density at radius 3 is 2.55 bits per heavy atom. The van der Waals surface area contributed by atoms with Crippen LogP contribution in [0.15, 0.2) is 72.3 Å². The molecule has 2 heterocycles. The lowest BCUT2D eigenvalue weighted by Crippen LogP contribution is -2.29. The van der Waals surface area contributed by atoms with Gasteiger partial charge in [0.2, 0.25) is 0 Å². The van der Waals surface area contributed by atoms with Gasteiger partial charge in [0.15, 0.2) is 11.5 Å². The number of Topliss-reactive ketones (excluding diaryl/α,β-unsaturated/α-hetero) is 1. The first kappa shape index (κ1) is 27.3. The summed E-state index contributed by atoms with van der Waals surface area (Å²) in [5.41, 5.74) is 2.99. The molecule has 1 fully saturated rings. The molecule has 0 aliphatic carbocycles. The standard InChI is InChI=1S/C33H35NO6/c1-20(2)14-15-39-27-13-10-23(18-28(27)38-4)30-29(31(35)24-11-12-26-25(17-24)16-21(3)40-26)32(36)33(37)34(30)19-22-8-6-5-7-9-22/h5-13,17-18,20-21,30,35H,14-16,19H2,1-4H3/t21-,30-/m1/s1. The molecular formula is C33H35NO6. The number of ketones is 1. The van der Waals surface area contributed by atoms with E-state index in [-0.39, 0.29) is 24.0 Å². The van der Waals surface area contributed by atoms with Gasteiger partial charge in [-0.15, -0.1) is 0 Å². The van der Waals surface area contributed by atoms with E-state index in [0.29, 0.717) is 41.6 Å². The molecular weight excluding hydrogens is 506 g/mol. The number of aliphatic hydroxyl groups is 1. The van der Waals surface area contributed by atoms with Crippen molar-refractivity contribution in [2.24, 2.45) is 5.92 Å². The number of likely N-dealkylation sites (tertiary alicyclic amines) is 1. The van der Waals surface area contributed by atoms with Crippen molar-refractivity contribution in [2.75, 3.05) is 13.7 Å². The van der Waals surface area contributed by atoms with Gasteiger partial charge in [-0.3, -0.25) is 9.59 Å². The van der Waals surface area contributed by atoms with E-state index in [1.807, 2.05) is 49.4 Å². The van der Waals surface area contributed by atoms with Crippen LogP contribution in [-0.4, -0.2) is 41.5 Å². The number of rotatable bonds is 9. The number of methoxy groups -OCH3 is 1. The molecule has 5 rings (SSSR count). The van der Waals surface area contributed by atoms with Crippen molar-refractivity contribution in [3.8, 4) is 17.2 Å². The number of aliphatic hydroxyl groups excluding tert-OH is 1. The zero-order chi connectivity index (χ0) is 28.4. The topological polar surface area (TPSA) is 85.3 Å². The summed E-state index contributed by atoms with van der Waals surface area (Å²) >= 11 is 0. The Morgan fingerprint density at radius 1 is 1.05 bits per heavy atom. The molecule has 1 amide bonds. The van der Waals surface area contributed by atoms with Gasteiger partial charge in [0.05, 0.1) is 25.3 Å². The van der Waals surface area contributed by atoms with Gasteiger partial charge in [-0.25, -0.2) is 0 Å². The van der Waals surface area contributed by atoms with E-state index in [2.05, 4.69) is 13.8 Å². The van der Waals surface area contributed by atoms with Crippen LogP contribution in [0.25, 0.3) is 5.76 Å². The van der Waals surface area contributed by atoms with Gasteiger partial charge in [-0.05, 0) is 66.3 Å². The highest BCUT2D eigenvalue weighted by atomic mass is 16.5. The summed E-state index contributed by atoms with van der Waals surface area (Å²) < 4.78 is 17.4. The first-order valence-electron chi connectivity index (χ1n) is 13.7. The highest BCUT2D eigenvalue weighted by molar-refractivity contribution is 6.46. The molecule has 0 aromatic heterocycles. The molecule has 0 bridgehead atoms. The number of carbonyl (C=O) groups is 2. The van der Waals surface area contributed by atoms with Gasteiger partial charge in [0.1, 0.15) is 17.6 Å². The van der Waals surface area contributed by atoms with Crippen LogP contribution in [0.1, 0.15) is 55.5 Å². The fourth-order valence-electron chi connectivity index (χ4n) is 5.27. The zero-order valence-corrected chi connectivity index (χ0v) is 23.3. The Hall–Kier alpha value is -4.26. The minimum Gasteiger partial charge on any atom is -0.507 e. The Labute approximate surface area is 235 Å². The lowest BCUT2D eigenvalue weighted by molar-refractivity contribution is -0.140. The minimum atomic E-state index is -0.817. The molecule has 2 atom stereocenters. The van der Waals surface area contributed by atoms with Gasteiger partial charge in [0, 0.05) is 18.5 Å². The fourth-order valence-corrected chi connectivity index (χ4v) is 5.27. The zero-order valence-electron chi connectivity index (χ0n) is 23.3. The number of hydrogen-bond donors (Lipinski definition) is 1. The number of nitrogens with zero attached hydrogens (tertiary/aromatic N) is 1. The monoisotopic (exact) mass is 541 g/mol. The molecule has 2 aliphatic heterocycles. The van der Waals surface area contributed by atoms with Gasteiger partial charge >= 0.3 is 0 Å². The number of benzene rings is 3. The second-order valence-corrected chi connectivity index (χ2v) is 10.8. The Bertz CT molecular complexity index is 1440. The number of ether oxygens (including phenoxy) is 3. The maximum atomic E-state index is 13.5. The molecule has 7 heteroatoms. The molecule has 0 spiro atoms. The smallest absolute Gasteiger partial charge is 0.295 e. The van der Waals surface area contributed by atoms with E-state index in [4.69, 9.17) is 14.2 Å². The van der Waals surface area contributed by atoms with Crippen molar-refractivity contribution in [1.29, 1.82) is 0 Å². The van der Waals surface area contributed by atoms with Gasteiger partial charge < -0.3 is 24.2 Å². The molecule has 208 valence electrons. The van der Waals surface area contributed by atoms with Crippen LogP contribution in [0.4, 0.5) is 0 Å². The third-order valence-corrected chi connectivity index (χ3v) is 7.36. The molecule has 7 nitrogen and oxygen atoms in total. The van der Waals surface area contributed by atoms with Crippen LogP contribution >= 0.6 is 0 Å². The fraction of sp³-hybridized carbons (Fsp3) is 0.333. The summed E-state index contributed by atoms with van der Waals surface area (Å²) in [7, 11) is 1.56. The van der Waals surface area contributed by atoms with Crippen molar-refractivity contribution in [3.05, 3.63) is 94.6 Å². The Balaban J connectivity index is 1.59. The third kappa shape index (κ3) is 5.41. The van der Waals surface area contributed by atoms with E-state index >= 15 is 0 Å². The molecule has 40 heavy (non-hydrogen) atoms. The van der Waals surface area contributed by atoms with Crippen molar-refractivity contribution < 1.29 is 28.9 Å². The SMILES string of the molecule is COc1cc([C@@H]2C(=C(O)c3ccc4c(c3)C[C@@H](C)O4)C(=O)C(=O)N2Cc2ccccc2)ccc1OCCC(C)C. The first-order chi connectivity index (χ1) is 19.3. The highest BCUT2D eigenvalue weighted by Gasteiger charge is 2.46. The Kier molecular flexibility index (Phi) is 7.83. The van der Waals surface area contributed by atoms with Crippen LogP contribution < -0.4 is 14.2 Å². The van der Waals surface area contributed by atoms with Crippen LogP contribution in [0.2, 0.25) is 0 Å². The Morgan fingerprint density at radius 2 is 1.82 bits per heavy atom. The van der Waals surface area contributed by atoms with Gasteiger partial charge in [-0.2, -0.15) is 0 Å². The molecule has 2 aliphatic rings. The average molecular weight is 542 g/mol.